The molecule has 1 aromatic heterocycles. The summed E-state index contributed by atoms with van der Waals surface area (Å²) in [6.07, 6.45) is 5.59. The molecule has 2 amide bonds. The fourth-order valence-corrected chi connectivity index (χ4v) is 2.69. The van der Waals surface area contributed by atoms with Crippen LogP contribution in [0.25, 0.3) is 0 Å². The standard InChI is InChI=1S/C17H20BrFN4O2/c1-23-11-12(10-22-23)3-2-7-20-16(24)6-8-21-17(25)14-9-13(19)4-5-15(14)18/h4-5,9-11H,2-3,6-8H2,1H3,(H,20,24)(H,21,25). The SMILES string of the molecule is Cn1cc(CCCNC(=O)CCNC(=O)c2cc(F)ccc2Br)cn1. The van der Waals surface area contributed by atoms with Crippen molar-refractivity contribution < 1.29 is 14.0 Å². The van der Waals surface area contributed by atoms with E-state index in [1.165, 1.54) is 12.1 Å². The van der Waals surface area contributed by atoms with E-state index in [1.54, 1.807) is 4.68 Å². The van der Waals surface area contributed by atoms with E-state index in [4.69, 9.17) is 0 Å². The van der Waals surface area contributed by atoms with Crippen molar-refractivity contribution in [3.8, 4) is 0 Å². The summed E-state index contributed by atoms with van der Waals surface area (Å²) in [6, 6.07) is 3.89. The van der Waals surface area contributed by atoms with Crippen LogP contribution in [0.5, 0.6) is 0 Å². The van der Waals surface area contributed by atoms with Gasteiger partial charge >= 0.3 is 0 Å². The molecule has 0 atom stereocenters. The van der Waals surface area contributed by atoms with E-state index in [2.05, 4.69) is 31.7 Å². The van der Waals surface area contributed by atoms with Crippen molar-refractivity contribution in [2.45, 2.75) is 19.3 Å². The van der Waals surface area contributed by atoms with Crippen molar-refractivity contribution in [1.82, 2.24) is 20.4 Å². The van der Waals surface area contributed by atoms with E-state index in [9.17, 15) is 14.0 Å². The number of carbonyl (C=O) groups is 2. The summed E-state index contributed by atoms with van der Waals surface area (Å²) in [5, 5.41) is 9.50. The number of carbonyl (C=O) groups excluding carboxylic acids is 2. The minimum atomic E-state index is -0.486. The Morgan fingerprint density at radius 1 is 1.28 bits per heavy atom. The highest BCUT2D eigenvalue weighted by atomic mass is 79.9. The molecule has 2 N–H and O–H groups in total. The lowest BCUT2D eigenvalue weighted by Gasteiger charge is -2.08. The Hall–Kier alpha value is -2.22. The first-order chi connectivity index (χ1) is 12.0. The van der Waals surface area contributed by atoms with Gasteiger partial charge in [-0.05, 0) is 52.5 Å². The molecule has 2 rings (SSSR count). The number of hydrogen-bond donors (Lipinski definition) is 2. The van der Waals surface area contributed by atoms with Gasteiger partial charge in [-0.25, -0.2) is 4.39 Å². The minimum absolute atomic E-state index is 0.134. The predicted molar refractivity (Wildman–Crippen MR) is 95.6 cm³/mol. The molecular weight excluding hydrogens is 391 g/mol. The van der Waals surface area contributed by atoms with Gasteiger partial charge in [-0.2, -0.15) is 5.10 Å². The number of hydrogen-bond acceptors (Lipinski definition) is 3. The Bertz CT molecular complexity index is 748. The number of amides is 2. The molecule has 0 fully saturated rings. The molecule has 0 spiro atoms. The summed E-state index contributed by atoms with van der Waals surface area (Å²) in [7, 11) is 1.86. The van der Waals surface area contributed by atoms with Gasteiger partial charge < -0.3 is 10.6 Å². The molecule has 0 aliphatic heterocycles. The first-order valence-electron chi connectivity index (χ1n) is 7.93. The molecule has 0 bridgehead atoms. The van der Waals surface area contributed by atoms with Crippen LogP contribution in [0.3, 0.4) is 0 Å². The smallest absolute Gasteiger partial charge is 0.252 e. The Balaban J connectivity index is 1.63. The molecule has 134 valence electrons. The Labute approximate surface area is 153 Å². The number of halogens is 2. The molecule has 0 aliphatic carbocycles. The highest BCUT2D eigenvalue weighted by Crippen LogP contribution is 2.17. The minimum Gasteiger partial charge on any atom is -0.356 e. The summed E-state index contributed by atoms with van der Waals surface area (Å²) in [5.74, 6) is -1.04. The number of nitrogens with zero attached hydrogens (tertiary/aromatic N) is 2. The van der Waals surface area contributed by atoms with Crippen molar-refractivity contribution >= 4 is 27.7 Å². The zero-order chi connectivity index (χ0) is 18.2. The van der Waals surface area contributed by atoms with E-state index >= 15 is 0 Å². The van der Waals surface area contributed by atoms with Crippen molar-refractivity contribution in [2.24, 2.45) is 7.05 Å². The van der Waals surface area contributed by atoms with Crippen LogP contribution in [0.2, 0.25) is 0 Å². The van der Waals surface area contributed by atoms with Gasteiger partial charge in [0.25, 0.3) is 5.91 Å². The fourth-order valence-electron chi connectivity index (χ4n) is 2.27. The van der Waals surface area contributed by atoms with E-state index in [0.717, 1.165) is 24.5 Å². The third-order valence-corrected chi connectivity index (χ3v) is 4.22. The van der Waals surface area contributed by atoms with Crippen molar-refractivity contribution in [3.63, 3.8) is 0 Å². The molecule has 2 aromatic rings. The lowest BCUT2D eigenvalue weighted by molar-refractivity contribution is -0.120. The molecule has 0 aliphatic rings. The van der Waals surface area contributed by atoms with Gasteiger partial charge in [-0.3, -0.25) is 14.3 Å². The molecule has 6 nitrogen and oxygen atoms in total. The Morgan fingerprint density at radius 3 is 2.80 bits per heavy atom. The van der Waals surface area contributed by atoms with E-state index in [1.807, 2.05) is 19.4 Å². The largest absolute Gasteiger partial charge is 0.356 e. The molecular formula is C17H20BrFN4O2. The van der Waals surface area contributed by atoms with Crippen LogP contribution in [0.4, 0.5) is 4.39 Å². The number of aryl methyl sites for hydroxylation is 2. The first-order valence-corrected chi connectivity index (χ1v) is 8.72. The maximum atomic E-state index is 13.2. The Morgan fingerprint density at radius 2 is 2.08 bits per heavy atom. The van der Waals surface area contributed by atoms with Crippen LogP contribution in [-0.2, 0) is 18.3 Å². The molecule has 8 heteroatoms. The van der Waals surface area contributed by atoms with Crippen molar-refractivity contribution in [2.75, 3.05) is 13.1 Å². The molecule has 0 saturated carbocycles. The highest BCUT2D eigenvalue weighted by molar-refractivity contribution is 9.10. The van der Waals surface area contributed by atoms with Crippen LogP contribution in [0, 0.1) is 5.82 Å². The predicted octanol–water partition coefficient (Wildman–Crippen LogP) is 2.19. The quantitative estimate of drug-likeness (QED) is 0.654. The van der Waals surface area contributed by atoms with E-state index in [0.29, 0.717) is 11.0 Å². The van der Waals surface area contributed by atoms with Gasteiger partial charge in [0.1, 0.15) is 5.82 Å². The second-order valence-electron chi connectivity index (χ2n) is 5.61. The van der Waals surface area contributed by atoms with Crippen molar-refractivity contribution in [3.05, 3.63) is 52.0 Å². The van der Waals surface area contributed by atoms with Gasteiger partial charge in [-0.15, -0.1) is 0 Å². The molecule has 0 radical (unpaired) electrons. The van der Waals surface area contributed by atoms with Gasteiger partial charge in [0.05, 0.1) is 11.8 Å². The third kappa shape index (κ3) is 6.30. The lowest BCUT2D eigenvalue weighted by Crippen LogP contribution is -2.31. The molecule has 1 aromatic carbocycles. The van der Waals surface area contributed by atoms with Gasteiger partial charge in [0.15, 0.2) is 0 Å². The van der Waals surface area contributed by atoms with Crippen LogP contribution in [0.15, 0.2) is 35.1 Å². The normalized spacial score (nSPS) is 10.5. The second kappa shape index (κ2) is 9.31. The summed E-state index contributed by atoms with van der Waals surface area (Å²) in [5.41, 5.74) is 1.33. The summed E-state index contributed by atoms with van der Waals surface area (Å²) in [4.78, 5) is 23.7. The van der Waals surface area contributed by atoms with Crippen LogP contribution in [-0.4, -0.2) is 34.7 Å². The summed E-state index contributed by atoms with van der Waals surface area (Å²) in [6.45, 7) is 0.757. The fraction of sp³-hybridized carbons (Fsp3) is 0.353. The molecule has 0 unspecified atom stereocenters. The average molecular weight is 411 g/mol. The van der Waals surface area contributed by atoms with Gasteiger partial charge in [0.2, 0.25) is 5.91 Å². The molecule has 1 heterocycles. The highest BCUT2D eigenvalue weighted by Gasteiger charge is 2.11. The Kier molecular flexibility index (Phi) is 7.12. The number of benzene rings is 1. The summed E-state index contributed by atoms with van der Waals surface area (Å²) >= 11 is 3.20. The van der Waals surface area contributed by atoms with Gasteiger partial charge in [0, 0.05) is 37.2 Å². The number of nitrogens with one attached hydrogen (secondary N) is 2. The number of aromatic nitrogens is 2. The molecule has 0 saturated heterocycles. The second-order valence-corrected chi connectivity index (χ2v) is 6.46. The van der Waals surface area contributed by atoms with E-state index in [-0.39, 0.29) is 24.4 Å². The third-order valence-electron chi connectivity index (χ3n) is 3.53. The number of rotatable bonds is 8. The first kappa shape index (κ1) is 19.1. The zero-order valence-electron chi connectivity index (χ0n) is 13.9. The average Bonchev–Trinajstić information content (AvgIpc) is 2.99. The maximum absolute atomic E-state index is 13.2. The topological polar surface area (TPSA) is 76.0 Å². The lowest BCUT2D eigenvalue weighted by atomic mass is 10.2. The monoisotopic (exact) mass is 410 g/mol. The van der Waals surface area contributed by atoms with Gasteiger partial charge in [-0.1, -0.05) is 0 Å². The van der Waals surface area contributed by atoms with E-state index < -0.39 is 11.7 Å². The van der Waals surface area contributed by atoms with Crippen LogP contribution < -0.4 is 10.6 Å². The molecule has 25 heavy (non-hydrogen) atoms. The zero-order valence-corrected chi connectivity index (χ0v) is 15.5. The van der Waals surface area contributed by atoms with Crippen molar-refractivity contribution in [1.29, 1.82) is 0 Å². The summed E-state index contributed by atoms with van der Waals surface area (Å²) < 4.78 is 15.4. The maximum Gasteiger partial charge on any atom is 0.252 e. The van der Waals surface area contributed by atoms with Crippen LogP contribution in [0.1, 0.15) is 28.8 Å². The van der Waals surface area contributed by atoms with Crippen LogP contribution >= 0.6 is 15.9 Å².